The van der Waals surface area contributed by atoms with Gasteiger partial charge in [-0.3, -0.25) is 14.5 Å². The number of hydrogen-bond acceptors (Lipinski definition) is 5. The van der Waals surface area contributed by atoms with E-state index in [4.69, 9.17) is 14.7 Å². The summed E-state index contributed by atoms with van der Waals surface area (Å²) in [7, 11) is 1.65. The number of carbonyl (C=O) groups is 2. The van der Waals surface area contributed by atoms with E-state index in [9.17, 15) is 9.59 Å². The van der Waals surface area contributed by atoms with Crippen molar-refractivity contribution >= 4 is 17.6 Å². The lowest BCUT2D eigenvalue weighted by atomic mass is 9.83. The van der Waals surface area contributed by atoms with Crippen molar-refractivity contribution in [3.63, 3.8) is 0 Å². The Labute approximate surface area is 195 Å². The van der Waals surface area contributed by atoms with Gasteiger partial charge in [0.25, 0.3) is 0 Å². The molecule has 174 valence electrons. The van der Waals surface area contributed by atoms with Crippen molar-refractivity contribution in [1.82, 2.24) is 14.9 Å². The van der Waals surface area contributed by atoms with Crippen LogP contribution in [-0.4, -0.2) is 46.9 Å². The van der Waals surface area contributed by atoms with E-state index in [2.05, 4.69) is 0 Å². The van der Waals surface area contributed by atoms with Crippen molar-refractivity contribution in [3.8, 4) is 5.75 Å². The van der Waals surface area contributed by atoms with Crippen LogP contribution in [-0.2, 0) is 22.6 Å². The van der Waals surface area contributed by atoms with Crippen molar-refractivity contribution in [3.05, 3.63) is 46.9 Å². The normalized spacial score (nSPS) is 20.9. The highest BCUT2D eigenvalue weighted by Crippen LogP contribution is 2.35. The van der Waals surface area contributed by atoms with Gasteiger partial charge in [0.05, 0.1) is 13.7 Å². The fourth-order valence-corrected chi connectivity index (χ4v) is 5.20. The van der Waals surface area contributed by atoms with Crippen LogP contribution in [0.25, 0.3) is 0 Å². The Morgan fingerprint density at radius 2 is 2.00 bits per heavy atom. The van der Waals surface area contributed by atoms with E-state index in [-0.39, 0.29) is 17.7 Å². The maximum absolute atomic E-state index is 13.0. The minimum absolute atomic E-state index is 0.0831. The summed E-state index contributed by atoms with van der Waals surface area (Å²) < 4.78 is 5.35. The molecule has 2 amide bonds. The van der Waals surface area contributed by atoms with E-state index in [1.807, 2.05) is 36.1 Å². The maximum atomic E-state index is 13.0. The topological polar surface area (TPSA) is 75.6 Å². The number of likely N-dealkylation sites (tertiary alicyclic amines) is 1. The third kappa shape index (κ3) is 4.33. The first-order chi connectivity index (χ1) is 16.0. The summed E-state index contributed by atoms with van der Waals surface area (Å²) >= 11 is 0. The van der Waals surface area contributed by atoms with Crippen LogP contribution in [0, 0.1) is 12.8 Å². The number of carbonyl (C=O) groups excluding carboxylic acids is 2. The number of piperidine rings is 1. The predicted octanol–water partition coefficient (Wildman–Crippen LogP) is 3.78. The van der Waals surface area contributed by atoms with Gasteiger partial charge in [-0.25, -0.2) is 9.97 Å². The Morgan fingerprint density at radius 1 is 1.15 bits per heavy atom. The lowest BCUT2D eigenvalue weighted by Crippen LogP contribution is -2.44. The third-order valence-corrected chi connectivity index (χ3v) is 7.38. The van der Waals surface area contributed by atoms with Gasteiger partial charge in [0.15, 0.2) is 0 Å². The minimum Gasteiger partial charge on any atom is -0.497 e. The van der Waals surface area contributed by atoms with Crippen LogP contribution in [0.2, 0.25) is 0 Å². The third-order valence-electron chi connectivity index (χ3n) is 7.38. The largest absolute Gasteiger partial charge is 0.497 e. The van der Waals surface area contributed by atoms with Crippen molar-refractivity contribution in [2.45, 2.75) is 64.3 Å². The number of aryl methyl sites for hydroxylation is 1. The summed E-state index contributed by atoms with van der Waals surface area (Å²) in [4.78, 5) is 39.4. The van der Waals surface area contributed by atoms with Gasteiger partial charge in [0.2, 0.25) is 11.8 Å². The number of amides is 2. The lowest BCUT2D eigenvalue weighted by Gasteiger charge is -2.37. The molecule has 1 atom stereocenters. The molecule has 7 heteroatoms. The van der Waals surface area contributed by atoms with Gasteiger partial charge in [-0.1, -0.05) is 18.6 Å². The average Bonchev–Trinajstić information content (AvgIpc) is 2.80. The summed E-state index contributed by atoms with van der Waals surface area (Å²) in [5, 5.41) is 0. The minimum atomic E-state index is 0.0831. The number of aromatic nitrogens is 2. The number of methoxy groups -OCH3 is 1. The fraction of sp³-hybridized carbons (Fsp3) is 0.538. The van der Waals surface area contributed by atoms with Crippen molar-refractivity contribution in [1.29, 1.82) is 0 Å². The molecule has 3 heterocycles. The second-order valence-corrected chi connectivity index (χ2v) is 9.55. The maximum Gasteiger partial charge on any atom is 0.228 e. The Balaban J connectivity index is 1.42. The number of hydrogen-bond donors (Lipinski definition) is 0. The quantitative estimate of drug-likeness (QED) is 0.696. The highest BCUT2D eigenvalue weighted by molar-refractivity contribution is 5.95. The molecule has 0 N–H and O–H groups in total. The first kappa shape index (κ1) is 21.9. The van der Waals surface area contributed by atoms with Crippen LogP contribution in [0.5, 0.6) is 5.75 Å². The van der Waals surface area contributed by atoms with Crippen LogP contribution in [0.15, 0.2) is 24.3 Å². The molecule has 1 aliphatic carbocycles. The number of nitrogens with zero attached hydrogens (tertiary/aromatic N) is 4. The first-order valence-corrected chi connectivity index (χ1v) is 12.1. The highest BCUT2D eigenvalue weighted by Gasteiger charge is 2.35. The SMILES string of the molecule is COc1cccc(CN2C(=O)CCc3c(C)nc([C@@H]4CCCN(C(=O)C5CCC5)C4)nc32)c1. The molecule has 1 saturated heterocycles. The summed E-state index contributed by atoms with van der Waals surface area (Å²) in [6, 6.07) is 7.81. The van der Waals surface area contributed by atoms with E-state index in [1.54, 1.807) is 12.0 Å². The average molecular weight is 449 g/mol. The van der Waals surface area contributed by atoms with Gasteiger partial charge in [0.1, 0.15) is 17.4 Å². The highest BCUT2D eigenvalue weighted by atomic mass is 16.5. The predicted molar refractivity (Wildman–Crippen MR) is 125 cm³/mol. The standard InChI is InChI=1S/C26H32N4O3/c1-17-22-11-12-23(31)30(15-18-6-3-10-21(14-18)33-2)25(22)28-24(27-17)20-9-5-13-29(16-20)26(32)19-7-4-8-19/h3,6,10,14,19-20H,4-5,7-9,11-13,15-16H2,1-2H3/t20-/m1/s1. The van der Waals surface area contributed by atoms with Crippen molar-refractivity contribution in [2.24, 2.45) is 5.92 Å². The molecule has 1 aromatic heterocycles. The van der Waals surface area contributed by atoms with E-state index in [1.165, 1.54) is 0 Å². The molecule has 1 aromatic carbocycles. The molecule has 1 saturated carbocycles. The summed E-state index contributed by atoms with van der Waals surface area (Å²) in [5.74, 6) is 2.99. The lowest BCUT2D eigenvalue weighted by molar-refractivity contribution is -0.139. The van der Waals surface area contributed by atoms with Crippen molar-refractivity contribution in [2.75, 3.05) is 25.1 Å². The molecule has 2 aromatic rings. The van der Waals surface area contributed by atoms with Gasteiger partial charge in [-0.15, -0.1) is 0 Å². The molecule has 7 nitrogen and oxygen atoms in total. The molecule has 5 rings (SSSR count). The number of rotatable bonds is 5. The molecule has 2 aliphatic heterocycles. The molecular formula is C26H32N4O3. The molecule has 0 spiro atoms. The summed E-state index contributed by atoms with van der Waals surface area (Å²) in [5.41, 5.74) is 3.00. The molecule has 2 fully saturated rings. The summed E-state index contributed by atoms with van der Waals surface area (Å²) in [6.07, 6.45) is 6.29. The summed E-state index contributed by atoms with van der Waals surface area (Å²) in [6.45, 7) is 3.98. The zero-order valence-electron chi connectivity index (χ0n) is 19.5. The van der Waals surface area contributed by atoms with Gasteiger partial charge in [-0.05, 0) is 56.7 Å². The second-order valence-electron chi connectivity index (χ2n) is 9.55. The zero-order chi connectivity index (χ0) is 22.9. The molecule has 0 unspecified atom stereocenters. The first-order valence-electron chi connectivity index (χ1n) is 12.1. The fourth-order valence-electron chi connectivity index (χ4n) is 5.20. The monoisotopic (exact) mass is 448 g/mol. The van der Waals surface area contributed by atoms with E-state index in [0.29, 0.717) is 31.8 Å². The second kappa shape index (κ2) is 9.12. The molecule has 3 aliphatic rings. The van der Waals surface area contributed by atoms with Crippen LogP contribution in [0.3, 0.4) is 0 Å². The molecule has 33 heavy (non-hydrogen) atoms. The van der Waals surface area contributed by atoms with Crippen LogP contribution in [0.4, 0.5) is 5.82 Å². The van der Waals surface area contributed by atoms with Crippen LogP contribution in [0.1, 0.15) is 67.1 Å². The Hall–Kier alpha value is -2.96. The Morgan fingerprint density at radius 3 is 2.76 bits per heavy atom. The number of anilines is 1. The smallest absolute Gasteiger partial charge is 0.228 e. The molecule has 0 radical (unpaired) electrons. The number of fused-ring (bicyclic) bond motifs is 1. The van der Waals surface area contributed by atoms with Gasteiger partial charge in [0, 0.05) is 42.6 Å². The Bertz CT molecular complexity index is 1070. The zero-order valence-corrected chi connectivity index (χ0v) is 19.5. The van der Waals surface area contributed by atoms with E-state index < -0.39 is 0 Å². The Kier molecular flexibility index (Phi) is 6.04. The number of benzene rings is 1. The molecular weight excluding hydrogens is 416 g/mol. The van der Waals surface area contributed by atoms with E-state index >= 15 is 0 Å². The molecule has 0 bridgehead atoms. The number of ether oxygens (including phenoxy) is 1. The van der Waals surface area contributed by atoms with Crippen molar-refractivity contribution < 1.29 is 14.3 Å². The van der Waals surface area contributed by atoms with Crippen LogP contribution < -0.4 is 9.64 Å². The van der Waals surface area contributed by atoms with Gasteiger partial charge < -0.3 is 9.64 Å². The van der Waals surface area contributed by atoms with Gasteiger partial charge in [-0.2, -0.15) is 0 Å². The van der Waals surface area contributed by atoms with E-state index in [0.717, 1.165) is 72.9 Å². The van der Waals surface area contributed by atoms with Gasteiger partial charge >= 0.3 is 0 Å². The van der Waals surface area contributed by atoms with Crippen LogP contribution >= 0.6 is 0 Å².